The largest absolute Gasteiger partial charge is 0.464 e. The summed E-state index contributed by atoms with van der Waals surface area (Å²) in [6, 6.07) is 5.88. The number of nitrogens with zero attached hydrogens (tertiary/aromatic N) is 1. The van der Waals surface area contributed by atoms with Gasteiger partial charge in [0.1, 0.15) is 5.69 Å². The lowest BCUT2D eigenvalue weighted by molar-refractivity contribution is -0.137. The summed E-state index contributed by atoms with van der Waals surface area (Å²) < 4.78 is 41.9. The van der Waals surface area contributed by atoms with Crippen LogP contribution in [0, 0.1) is 0 Å². The molecule has 0 amide bonds. The smallest absolute Gasteiger partial charge is 0.416 e. The molecule has 94 valence electrons. The van der Waals surface area contributed by atoms with Gasteiger partial charge in [0, 0.05) is 5.39 Å². The predicted octanol–water partition coefficient (Wildman–Crippen LogP) is 3.04. The Morgan fingerprint density at radius 3 is 2.56 bits per heavy atom. The van der Waals surface area contributed by atoms with Crippen LogP contribution in [-0.4, -0.2) is 18.1 Å². The quantitative estimate of drug-likeness (QED) is 0.735. The number of rotatable bonds is 1. The zero-order chi connectivity index (χ0) is 13.3. The first kappa shape index (κ1) is 12.3. The van der Waals surface area contributed by atoms with Crippen LogP contribution < -0.4 is 0 Å². The molecule has 0 N–H and O–H groups in total. The summed E-state index contributed by atoms with van der Waals surface area (Å²) in [6.07, 6.45) is -4.39. The normalized spacial score (nSPS) is 11.6. The van der Waals surface area contributed by atoms with E-state index < -0.39 is 17.7 Å². The molecule has 1 heterocycles. The molecular weight excluding hydrogens is 247 g/mol. The van der Waals surface area contributed by atoms with E-state index in [0.717, 1.165) is 12.1 Å². The Hall–Kier alpha value is -2.11. The summed E-state index contributed by atoms with van der Waals surface area (Å²) in [5.74, 6) is -0.628. The van der Waals surface area contributed by atoms with Gasteiger partial charge < -0.3 is 4.74 Å². The highest BCUT2D eigenvalue weighted by molar-refractivity contribution is 5.91. The number of methoxy groups -OCH3 is 1. The van der Waals surface area contributed by atoms with Crippen LogP contribution in [0.5, 0.6) is 0 Å². The van der Waals surface area contributed by atoms with Crippen LogP contribution in [0.1, 0.15) is 16.1 Å². The van der Waals surface area contributed by atoms with E-state index in [1.807, 2.05) is 0 Å². The van der Waals surface area contributed by atoms with E-state index >= 15 is 0 Å². The molecule has 0 saturated carbocycles. The van der Waals surface area contributed by atoms with Crippen LogP contribution in [0.25, 0.3) is 10.9 Å². The molecule has 0 bridgehead atoms. The zero-order valence-corrected chi connectivity index (χ0v) is 9.28. The molecule has 0 unspecified atom stereocenters. The first-order chi connectivity index (χ1) is 8.41. The maximum atomic E-state index is 12.5. The van der Waals surface area contributed by atoms with E-state index in [0.29, 0.717) is 10.9 Å². The Balaban J connectivity index is 2.52. The van der Waals surface area contributed by atoms with Crippen molar-refractivity contribution in [1.29, 1.82) is 0 Å². The van der Waals surface area contributed by atoms with Gasteiger partial charge in [0.2, 0.25) is 0 Å². The van der Waals surface area contributed by atoms with Gasteiger partial charge in [-0.15, -0.1) is 0 Å². The molecule has 0 aliphatic heterocycles. The van der Waals surface area contributed by atoms with Gasteiger partial charge in [-0.05, 0) is 24.3 Å². The van der Waals surface area contributed by atoms with Gasteiger partial charge in [-0.25, -0.2) is 9.78 Å². The fourth-order valence-corrected chi connectivity index (χ4v) is 1.52. The van der Waals surface area contributed by atoms with Gasteiger partial charge in [0.15, 0.2) is 0 Å². The Bertz CT molecular complexity index is 608. The maximum absolute atomic E-state index is 12.5. The Morgan fingerprint density at radius 1 is 1.22 bits per heavy atom. The van der Waals surface area contributed by atoms with Crippen molar-refractivity contribution >= 4 is 16.9 Å². The number of alkyl halides is 3. The van der Waals surface area contributed by atoms with Gasteiger partial charge in [0.05, 0.1) is 18.2 Å². The third kappa shape index (κ3) is 2.27. The van der Waals surface area contributed by atoms with Gasteiger partial charge >= 0.3 is 12.1 Å². The van der Waals surface area contributed by atoms with Gasteiger partial charge in [-0.1, -0.05) is 6.07 Å². The number of hydrogen-bond donors (Lipinski definition) is 0. The molecule has 1 aromatic heterocycles. The summed E-state index contributed by atoms with van der Waals surface area (Å²) in [6.45, 7) is 0. The van der Waals surface area contributed by atoms with Crippen molar-refractivity contribution in [2.75, 3.05) is 7.11 Å². The molecule has 0 aliphatic carbocycles. The van der Waals surface area contributed by atoms with Crippen molar-refractivity contribution in [3.63, 3.8) is 0 Å². The number of fused-ring (bicyclic) bond motifs is 1. The first-order valence-electron chi connectivity index (χ1n) is 4.98. The molecule has 18 heavy (non-hydrogen) atoms. The lowest BCUT2D eigenvalue weighted by Crippen LogP contribution is -2.06. The topological polar surface area (TPSA) is 39.2 Å². The van der Waals surface area contributed by atoms with Crippen molar-refractivity contribution in [2.45, 2.75) is 6.18 Å². The Morgan fingerprint density at radius 2 is 1.94 bits per heavy atom. The SMILES string of the molecule is COC(=O)c1ccc2cc(C(F)(F)F)ccc2n1. The molecule has 0 aliphatic rings. The summed E-state index contributed by atoms with van der Waals surface area (Å²) >= 11 is 0. The van der Waals surface area contributed by atoms with E-state index in [-0.39, 0.29) is 5.69 Å². The van der Waals surface area contributed by atoms with E-state index in [2.05, 4.69) is 9.72 Å². The lowest BCUT2D eigenvalue weighted by Gasteiger charge is -2.07. The minimum atomic E-state index is -4.39. The summed E-state index contributed by atoms with van der Waals surface area (Å²) in [7, 11) is 1.21. The van der Waals surface area contributed by atoms with Crippen molar-refractivity contribution in [3.8, 4) is 0 Å². The van der Waals surface area contributed by atoms with Crippen LogP contribution in [0.3, 0.4) is 0 Å². The molecule has 1 aromatic carbocycles. The van der Waals surface area contributed by atoms with Crippen LogP contribution in [0.15, 0.2) is 30.3 Å². The second-order valence-electron chi connectivity index (χ2n) is 3.59. The average Bonchev–Trinajstić information content (AvgIpc) is 2.35. The minimum absolute atomic E-state index is 0.0600. The number of benzene rings is 1. The Kier molecular flexibility index (Phi) is 2.94. The molecule has 0 fully saturated rings. The fraction of sp³-hybridized carbons (Fsp3) is 0.167. The molecule has 0 spiro atoms. The predicted molar refractivity (Wildman–Crippen MR) is 58.1 cm³/mol. The average molecular weight is 255 g/mol. The number of aromatic nitrogens is 1. The van der Waals surface area contributed by atoms with Gasteiger partial charge in [-0.3, -0.25) is 0 Å². The van der Waals surface area contributed by atoms with Crippen LogP contribution in [-0.2, 0) is 10.9 Å². The van der Waals surface area contributed by atoms with E-state index in [1.165, 1.54) is 25.3 Å². The highest BCUT2D eigenvalue weighted by atomic mass is 19.4. The summed E-state index contributed by atoms with van der Waals surface area (Å²) in [5.41, 5.74) is -0.377. The zero-order valence-electron chi connectivity index (χ0n) is 9.28. The van der Waals surface area contributed by atoms with Crippen molar-refractivity contribution in [2.24, 2.45) is 0 Å². The number of carbonyl (C=O) groups excluding carboxylic acids is 1. The van der Waals surface area contributed by atoms with Crippen LogP contribution >= 0.6 is 0 Å². The van der Waals surface area contributed by atoms with Crippen LogP contribution in [0.2, 0.25) is 0 Å². The number of pyridine rings is 1. The lowest BCUT2D eigenvalue weighted by atomic mass is 10.1. The maximum Gasteiger partial charge on any atom is 0.416 e. The summed E-state index contributed by atoms with van der Waals surface area (Å²) in [4.78, 5) is 15.1. The second-order valence-corrected chi connectivity index (χ2v) is 3.59. The molecule has 2 aromatic rings. The van der Waals surface area contributed by atoms with E-state index in [9.17, 15) is 18.0 Å². The second kappa shape index (κ2) is 4.29. The van der Waals surface area contributed by atoms with E-state index in [1.54, 1.807) is 0 Å². The van der Waals surface area contributed by atoms with Crippen molar-refractivity contribution in [3.05, 3.63) is 41.6 Å². The first-order valence-corrected chi connectivity index (χ1v) is 4.98. The Labute approximate surface area is 100 Å². The highest BCUT2D eigenvalue weighted by Gasteiger charge is 2.30. The number of ether oxygens (including phenoxy) is 1. The van der Waals surface area contributed by atoms with Crippen molar-refractivity contribution in [1.82, 2.24) is 4.98 Å². The van der Waals surface area contributed by atoms with Crippen molar-refractivity contribution < 1.29 is 22.7 Å². The third-order valence-corrected chi connectivity index (χ3v) is 2.41. The number of esters is 1. The fourth-order valence-electron chi connectivity index (χ4n) is 1.52. The molecule has 3 nitrogen and oxygen atoms in total. The van der Waals surface area contributed by atoms with Crippen LogP contribution in [0.4, 0.5) is 13.2 Å². The number of halogens is 3. The third-order valence-electron chi connectivity index (χ3n) is 2.41. The standard InChI is InChI=1S/C12H8F3NO2/c1-18-11(17)10-4-2-7-6-8(12(13,14)15)3-5-9(7)16-10/h2-6H,1H3. The van der Waals surface area contributed by atoms with Gasteiger partial charge in [-0.2, -0.15) is 13.2 Å². The molecule has 0 saturated heterocycles. The highest BCUT2D eigenvalue weighted by Crippen LogP contribution is 2.31. The van der Waals surface area contributed by atoms with Gasteiger partial charge in [0.25, 0.3) is 0 Å². The van der Waals surface area contributed by atoms with E-state index in [4.69, 9.17) is 0 Å². The summed E-state index contributed by atoms with van der Waals surface area (Å²) in [5, 5.41) is 0.317. The molecular formula is C12H8F3NO2. The number of carbonyl (C=O) groups is 1. The molecule has 6 heteroatoms. The molecule has 0 atom stereocenters. The number of hydrogen-bond acceptors (Lipinski definition) is 3. The minimum Gasteiger partial charge on any atom is -0.464 e. The molecule has 0 radical (unpaired) electrons. The monoisotopic (exact) mass is 255 g/mol. The molecule has 2 rings (SSSR count).